The first-order valence-corrected chi connectivity index (χ1v) is 4.90. The van der Waals surface area contributed by atoms with Gasteiger partial charge in [-0.3, -0.25) is 0 Å². The topological polar surface area (TPSA) is 20.2 Å². The Bertz CT molecular complexity index is 377. The summed E-state index contributed by atoms with van der Waals surface area (Å²) in [6.45, 7) is 0. The summed E-state index contributed by atoms with van der Waals surface area (Å²) in [7, 11) is 0. The molecule has 1 N–H and O–H groups in total. The second kappa shape index (κ2) is 3.60. The van der Waals surface area contributed by atoms with E-state index in [-0.39, 0.29) is 0 Å². The van der Waals surface area contributed by atoms with Crippen molar-refractivity contribution in [1.82, 2.24) is 0 Å². The molecule has 0 saturated carbocycles. The highest BCUT2D eigenvalue weighted by molar-refractivity contribution is 6.24. The van der Waals surface area contributed by atoms with Crippen molar-refractivity contribution in [3.8, 4) is 0 Å². The molecule has 1 aliphatic carbocycles. The van der Waals surface area contributed by atoms with Crippen molar-refractivity contribution in [3.63, 3.8) is 0 Å². The van der Waals surface area contributed by atoms with E-state index in [0.717, 1.165) is 11.1 Å². The van der Waals surface area contributed by atoms with Gasteiger partial charge in [-0.1, -0.05) is 54.1 Å². The number of hydrogen-bond donors (Lipinski definition) is 1. The Morgan fingerprint density at radius 3 is 2.57 bits per heavy atom. The first kappa shape index (κ1) is 9.50. The maximum atomic E-state index is 9.64. The molecule has 0 aliphatic heterocycles. The van der Waals surface area contributed by atoms with E-state index in [2.05, 4.69) is 0 Å². The van der Waals surface area contributed by atoms with Crippen molar-refractivity contribution in [1.29, 1.82) is 0 Å². The molecule has 0 aromatic heterocycles. The molecule has 1 aromatic carbocycles. The Morgan fingerprint density at radius 1 is 1.21 bits per heavy atom. The van der Waals surface area contributed by atoms with Gasteiger partial charge in [0.2, 0.25) is 0 Å². The van der Waals surface area contributed by atoms with Crippen LogP contribution >= 0.6 is 11.6 Å². The minimum Gasteiger partial charge on any atom is -0.371 e. The van der Waals surface area contributed by atoms with Gasteiger partial charge in [0.15, 0.2) is 5.06 Å². The van der Waals surface area contributed by atoms with Crippen LogP contribution in [-0.4, -0.2) is 10.2 Å². The van der Waals surface area contributed by atoms with E-state index in [9.17, 15) is 5.11 Å². The molecule has 72 valence electrons. The van der Waals surface area contributed by atoms with Gasteiger partial charge in [-0.25, -0.2) is 0 Å². The van der Waals surface area contributed by atoms with Crippen LogP contribution < -0.4 is 0 Å². The van der Waals surface area contributed by atoms with Crippen LogP contribution in [0.5, 0.6) is 0 Å². The van der Waals surface area contributed by atoms with Crippen LogP contribution in [0.4, 0.5) is 0 Å². The third-order valence-corrected chi connectivity index (χ3v) is 2.49. The summed E-state index contributed by atoms with van der Waals surface area (Å²) >= 11 is 5.84. The molecule has 0 amide bonds. The lowest BCUT2D eigenvalue weighted by molar-refractivity contribution is 0.184. The van der Waals surface area contributed by atoms with Crippen LogP contribution in [0.2, 0.25) is 0 Å². The smallest absolute Gasteiger partial charge is 0.161 e. The third kappa shape index (κ3) is 2.06. The summed E-state index contributed by atoms with van der Waals surface area (Å²) in [5, 5.41) is 8.42. The van der Waals surface area contributed by atoms with Crippen LogP contribution in [0.1, 0.15) is 12.0 Å². The molecule has 1 unspecified atom stereocenters. The van der Waals surface area contributed by atoms with Crippen molar-refractivity contribution in [2.24, 2.45) is 0 Å². The Kier molecular flexibility index (Phi) is 2.44. The Labute approximate surface area is 88.3 Å². The maximum absolute atomic E-state index is 9.64. The quantitative estimate of drug-likeness (QED) is 0.701. The Hall–Kier alpha value is -1.05. The fraction of sp³-hybridized carbons (Fsp3) is 0.167. The minimum absolute atomic E-state index is 0.453. The third-order valence-electron chi connectivity index (χ3n) is 2.23. The lowest BCUT2D eigenvalue weighted by Gasteiger charge is -2.21. The van der Waals surface area contributed by atoms with Gasteiger partial charge in [0, 0.05) is 6.42 Å². The molecule has 2 heteroatoms. The predicted octanol–water partition coefficient (Wildman–Crippen LogP) is 2.96. The summed E-state index contributed by atoms with van der Waals surface area (Å²) in [5.41, 5.74) is 2.17. The normalized spacial score (nSPS) is 26.0. The molecule has 2 rings (SSSR count). The van der Waals surface area contributed by atoms with E-state index in [4.69, 9.17) is 11.6 Å². The van der Waals surface area contributed by atoms with Gasteiger partial charge < -0.3 is 5.11 Å². The van der Waals surface area contributed by atoms with Crippen molar-refractivity contribution in [2.45, 2.75) is 11.5 Å². The van der Waals surface area contributed by atoms with Crippen LogP contribution in [0.15, 0.2) is 48.6 Å². The minimum atomic E-state index is -1.22. The SMILES string of the molecule is OC1(Cl)C=CC=C(c2ccccc2)C1. The van der Waals surface area contributed by atoms with Crippen LogP contribution in [0.25, 0.3) is 5.57 Å². The predicted molar refractivity (Wildman–Crippen MR) is 59.0 cm³/mol. The molecule has 0 bridgehead atoms. The second-order valence-corrected chi connectivity index (χ2v) is 4.07. The summed E-state index contributed by atoms with van der Waals surface area (Å²) in [4.78, 5) is 0. The molecule has 0 saturated heterocycles. The number of allylic oxidation sites excluding steroid dienone is 2. The van der Waals surface area contributed by atoms with Crippen molar-refractivity contribution < 1.29 is 5.11 Å². The van der Waals surface area contributed by atoms with Crippen molar-refractivity contribution in [2.75, 3.05) is 0 Å². The highest BCUT2D eigenvalue weighted by Crippen LogP contribution is 2.32. The van der Waals surface area contributed by atoms with Gasteiger partial charge in [-0.2, -0.15) is 0 Å². The van der Waals surface area contributed by atoms with E-state index in [0.29, 0.717) is 6.42 Å². The lowest BCUT2D eigenvalue weighted by atomic mass is 9.95. The zero-order valence-corrected chi connectivity index (χ0v) is 8.41. The largest absolute Gasteiger partial charge is 0.371 e. The maximum Gasteiger partial charge on any atom is 0.161 e. The first-order chi connectivity index (χ1) is 6.67. The summed E-state index contributed by atoms with van der Waals surface area (Å²) in [6.07, 6.45) is 5.82. The molecule has 0 radical (unpaired) electrons. The standard InChI is InChI=1S/C12H11ClO/c13-12(14)8-4-7-11(9-12)10-5-2-1-3-6-10/h1-8,14H,9H2. The van der Waals surface area contributed by atoms with Crippen molar-refractivity contribution >= 4 is 17.2 Å². The highest BCUT2D eigenvalue weighted by Gasteiger charge is 2.23. The molecular formula is C12H11ClO. The van der Waals surface area contributed by atoms with Gasteiger partial charge in [-0.15, -0.1) is 0 Å². The Morgan fingerprint density at radius 2 is 1.93 bits per heavy atom. The van der Waals surface area contributed by atoms with Gasteiger partial charge in [0.1, 0.15) is 0 Å². The summed E-state index contributed by atoms with van der Waals surface area (Å²) in [6, 6.07) is 9.94. The fourth-order valence-corrected chi connectivity index (χ4v) is 1.76. The van der Waals surface area contributed by atoms with Gasteiger partial charge in [0.25, 0.3) is 0 Å². The van der Waals surface area contributed by atoms with Crippen molar-refractivity contribution in [3.05, 3.63) is 54.1 Å². The number of rotatable bonds is 1. The molecule has 1 atom stereocenters. The number of halogens is 1. The zero-order chi connectivity index (χ0) is 10.0. The second-order valence-electron chi connectivity index (χ2n) is 3.41. The van der Waals surface area contributed by atoms with E-state index < -0.39 is 5.06 Å². The monoisotopic (exact) mass is 206 g/mol. The number of alkyl halides is 1. The molecule has 1 aliphatic rings. The number of aliphatic hydroxyl groups is 1. The molecule has 14 heavy (non-hydrogen) atoms. The van der Waals surface area contributed by atoms with Crippen LogP contribution in [0, 0.1) is 0 Å². The molecule has 0 heterocycles. The van der Waals surface area contributed by atoms with E-state index in [1.807, 2.05) is 36.4 Å². The number of benzene rings is 1. The van der Waals surface area contributed by atoms with E-state index >= 15 is 0 Å². The Balaban J connectivity index is 2.30. The lowest BCUT2D eigenvalue weighted by Crippen LogP contribution is -2.19. The molecule has 1 aromatic rings. The average molecular weight is 207 g/mol. The van der Waals surface area contributed by atoms with Gasteiger partial charge in [0.05, 0.1) is 0 Å². The average Bonchev–Trinajstić information content (AvgIpc) is 2.18. The first-order valence-electron chi connectivity index (χ1n) is 4.52. The fourth-order valence-electron chi connectivity index (χ4n) is 1.55. The molecular weight excluding hydrogens is 196 g/mol. The van der Waals surface area contributed by atoms with Gasteiger partial charge >= 0.3 is 0 Å². The zero-order valence-electron chi connectivity index (χ0n) is 7.65. The highest BCUT2D eigenvalue weighted by atomic mass is 35.5. The van der Waals surface area contributed by atoms with Gasteiger partial charge in [-0.05, 0) is 17.2 Å². The molecule has 1 nitrogen and oxygen atoms in total. The molecule has 0 fully saturated rings. The summed E-state index contributed by atoms with van der Waals surface area (Å²) < 4.78 is 0. The number of hydrogen-bond acceptors (Lipinski definition) is 1. The molecule has 0 spiro atoms. The van der Waals surface area contributed by atoms with E-state index in [1.165, 1.54) is 0 Å². The van der Waals surface area contributed by atoms with Crippen LogP contribution in [-0.2, 0) is 0 Å². The summed E-state index contributed by atoms with van der Waals surface area (Å²) in [5.74, 6) is 0. The van der Waals surface area contributed by atoms with Crippen LogP contribution in [0.3, 0.4) is 0 Å². The van der Waals surface area contributed by atoms with E-state index in [1.54, 1.807) is 12.2 Å².